The van der Waals surface area contributed by atoms with Gasteiger partial charge in [0, 0.05) is 30.2 Å². The number of hydrogen-bond donors (Lipinski definition) is 3. The summed E-state index contributed by atoms with van der Waals surface area (Å²) in [5, 5.41) is 9.19. The Morgan fingerprint density at radius 3 is 2.39 bits per heavy atom. The summed E-state index contributed by atoms with van der Waals surface area (Å²) in [6, 6.07) is 16.7. The molecule has 1 aromatic heterocycles. The van der Waals surface area contributed by atoms with Crippen LogP contribution in [0.15, 0.2) is 77.4 Å². The molecule has 10 heteroatoms. The second-order valence-electron chi connectivity index (χ2n) is 9.35. The molecule has 1 aliphatic carbocycles. The minimum atomic E-state index is -4.45. The number of carbonyl (C=O) groups is 2. The van der Waals surface area contributed by atoms with E-state index in [1.165, 1.54) is 24.4 Å². The third-order valence-electron chi connectivity index (χ3n) is 6.52. The van der Waals surface area contributed by atoms with E-state index < -0.39 is 29.2 Å². The van der Waals surface area contributed by atoms with Gasteiger partial charge < -0.3 is 20.9 Å². The van der Waals surface area contributed by atoms with Crippen LogP contribution in [0.3, 0.4) is 0 Å². The first-order chi connectivity index (χ1) is 18.0. The zero-order chi connectivity index (χ0) is 27.1. The van der Waals surface area contributed by atoms with E-state index in [-0.39, 0.29) is 5.76 Å². The Labute approximate surface area is 215 Å². The van der Waals surface area contributed by atoms with E-state index in [2.05, 4.69) is 15.8 Å². The second kappa shape index (κ2) is 9.46. The predicted octanol–water partition coefficient (Wildman–Crippen LogP) is 5.10. The fourth-order valence-electron chi connectivity index (χ4n) is 4.76. The van der Waals surface area contributed by atoms with Crippen LogP contribution in [0, 0.1) is 6.92 Å². The lowest BCUT2D eigenvalue weighted by Gasteiger charge is -2.24. The van der Waals surface area contributed by atoms with Crippen molar-refractivity contribution >= 4 is 17.5 Å². The lowest BCUT2D eigenvalue weighted by atomic mass is 9.93. The number of fused-ring (bicyclic) bond motifs is 1. The highest BCUT2D eigenvalue weighted by molar-refractivity contribution is 6.09. The van der Waals surface area contributed by atoms with E-state index in [1.807, 2.05) is 6.07 Å². The third-order valence-corrected chi connectivity index (χ3v) is 6.52. The van der Waals surface area contributed by atoms with Gasteiger partial charge in [-0.15, -0.1) is 0 Å². The van der Waals surface area contributed by atoms with E-state index in [1.54, 1.807) is 37.3 Å². The quantitative estimate of drug-likeness (QED) is 0.317. The Balaban J connectivity index is 1.35. The van der Waals surface area contributed by atoms with Gasteiger partial charge in [0.2, 0.25) is 5.76 Å². The van der Waals surface area contributed by atoms with Gasteiger partial charge in [0.05, 0.1) is 17.4 Å². The van der Waals surface area contributed by atoms with Crippen molar-refractivity contribution in [2.24, 2.45) is 5.73 Å². The molecule has 3 aromatic carbocycles. The number of nitrogens with one attached hydrogen (secondary N) is 2. The molecule has 38 heavy (non-hydrogen) atoms. The normalized spacial score (nSPS) is 16.7. The van der Waals surface area contributed by atoms with Crippen LogP contribution in [0.25, 0.3) is 11.1 Å². The number of nitrogens with zero attached hydrogens (tertiary/aromatic N) is 1. The van der Waals surface area contributed by atoms with Crippen molar-refractivity contribution in [2.75, 3.05) is 5.32 Å². The number of nitrogens with two attached hydrogens (primary N) is 1. The molecule has 7 nitrogen and oxygen atoms in total. The van der Waals surface area contributed by atoms with Crippen molar-refractivity contribution < 1.29 is 27.3 Å². The molecule has 194 valence electrons. The number of hydrogen-bond acceptors (Lipinski definition) is 5. The molecule has 1 atom stereocenters. The molecule has 0 spiro atoms. The highest BCUT2D eigenvalue weighted by atomic mass is 19.4. The number of rotatable bonds is 5. The zero-order valence-electron chi connectivity index (χ0n) is 20.2. The maximum atomic E-state index is 13.3. The molecule has 1 heterocycles. The van der Waals surface area contributed by atoms with E-state index in [0.29, 0.717) is 35.2 Å². The first-order valence-electron chi connectivity index (χ1n) is 11.7. The SMILES string of the molecule is Cc1cccc(C(=O)Nc2ccc3c(c2)C[C@@](N)(NC(=O)c2ccno2)C3)c1-c1ccc(C(F)(F)F)cc1. The monoisotopic (exact) mass is 520 g/mol. The summed E-state index contributed by atoms with van der Waals surface area (Å²) >= 11 is 0. The van der Waals surface area contributed by atoms with Crippen LogP contribution in [0.5, 0.6) is 0 Å². The van der Waals surface area contributed by atoms with Gasteiger partial charge >= 0.3 is 6.18 Å². The van der Waals surface area contributed by atoms with Crippen molar-refractivity contribution in [3.8, 4) is 11.1 Å². The summed E-state index contributed by atoms with van der Waals surface area (Å²) in [7, 11) is 0. The van der Waals surface area contributed by atoms with Crippen molar-refractivity contribution in [1.29, 1.82) is 0 Å². The Kier molecular flexibility index (Phi) is 6.28. The third kappa shape index (κ3) is 5.03. The van der Waals surface area contributed by atoms with Gasteiger partial charge in [-0.3, -0.25) is 9.59 Å². The number of aryl methyl sites for hydroxylation is 1. The van der Waals surface area contributed by atoms with Crippen LogP contribution < -0.4 is 16.4 Å². The van der Waals surface area contributed by atoms with Crippen LogP contribution in [0.4, 0.5) is 18.9 Å². The van der Waals surface area contributed by atoms with Gasteiger partial charge in [-0.1, -0.05) is 35.5 Å². The molecule has 0 saturated carbocycles. The molecular weight excluding hydrogens is 497 g/mol. The summed E-state index contributed by atoms with van der Waals surface area (Å²) in [5.41, 5.74) is 9.13. The van der Waals surface area contributed by atoms with Gasteiger partial charge in [0.1, 0.15) is 0 Å². The van der Waals surface area contributed by atoms with Crippen molar-refractivity contribution in [1.82, 2.24) is 10.5 Å². The Bertz CT molecular complexity index is 1520. The smallest absolute Gasteiger partial charge is 0.351 e. The first kappa shape index (κ1) is 25.2. The highest BCUT2D eigenvalue weighted by Crippen LogP contribution is 2.34. The maximum absolute atomic E-state index is 13.3. The average Bonchev–Trinajstić information content (AvgIpc) is 3.51. The van der Waals surface area contributed by atoms with E-state index in [0.717, 1.165) is 28.8 Å². The fraction of sp³-hybridized carbons (Fsp3) is 0.179. The van der Waals surface area contributed by atoms with Crippen molar-refractivity contribution in [2.45, 2.75) is 31.6 Å². The Morgan fingerprint density at radius 2 is 1.71 bits per heavy atom. The molecule has 0 radical (unpaired) electrons. The van der Waals surface area contributed by atoms with Crippen LogP contribution in [0.2, 0.25) is 0 Å². The predicted molar refractivity (Wildman–Crippen MR) is 134 cm³/mol. The molecule has 4 aromatic rings. The number of aromatic nitrogens is 1. The van der Waals surface area contributed by atoms with Crippen LogP contribution in [0.1, 0.15) is 43.2 Å². The van der Waals surface area contributed by atoms with Crippen LogP contribution in [-0.2, 0) is 19.0 Å². The number of amides is 2. The van der Waals surface area contributed by atoms with Gasteiger partial charge in [0.25, 0.3) is 11.8 Å². The summed E-state index contributed by atoms with van der Waals surface area (Å²) in [5.74, 6) is -0.818. The number of carbonyl (C=O) groups excluding carboxylic acids is 2. The Hall–Kier alpha value is -4.44. The second-order valence-corrected chi connectivity index (χ2v) is 9.35. The molecule has 0 aliphatic heterocycles. The number of alkyl halides is 3. The molecule has 0 fully saturated rings. The van der Waals surface area contributed by atoms with E-state index in [4.69, 9.17) is 10.3 Å². The standard InChI is InChI=1S/C28H23F3N4O3/c1-16-3-2-4-22(24(16)17-5-8-20(9-6-17)28(29,30)31)25(36)34-21-10-7-18-14-27(32,15-19(18)13-21)35-26(37)23-11-12-33-38-23/h2-13H,14-15,32H2,1H3,(H,34,36)(H,35,37)/t27-/m0/s1. The van der Waals surface area contributed by atoms with Crippen LogP contribution >= 0.6 is 0 Å². The van der Waals surface area contributed by atoms with Gasteiger partial charge in [-0.25, -0.2) is 0 Å². The molecule has 2 amide bonds. The Morgan fingerprint density at radius 1 is 0.974 bits per heavy atom. The lowest BCUT2D eigenvalue weighted by Crippen LogP contribution is -2.56. The average molecular weight is 521 g/mol. The first-order valence-corrected chi connectivity index (χ1v) is 11.7. The van der Waals surface area contributed by atoms with Gasteiger partial charge in [-0.2, -0.15) is 13.2 Å². The van der Waals surface area contributed by atoms with Gasteiger partial charge in [-0.05, 0) is 65.1 Å². The molecule has 0 saturated heterocycles. The number of halogens is 3. The molecule has 4 N–H and O–H groups in total. The van der Waals surface area contributed by atoms with E-state index in [9.17, 15) is 22.8 Å². The molecule has 1 aliphatic rings. The van der Waals surface area contributed by atoms with Crippen LogP contribution in [-0.4, -0.2) is 22.6 Å². The van der Waals surface area contributed by atoms with Gasteiger partial charge in [0.15, 0.2) is 0 Å². The summed E-state index contributed by atoms with van der Waals surface area (Å²) in [6.07, 6.45) is -2.34. The lowest BCUT2D eigenvalue weighted by molar-refractivity contribution is -0.137. The summed E-state index contributed by atoms with van der Waals surface area (Å²) in [4.78, 5) is 25.7. The largest absolute Gasteiger partial charge is 0.416 e. The highest BCUT2D eigenvalue weighted by Gasteiger charge is 2.36. The summed E-state index contributed by atoms with van der Waals surface area (Å²) in [6.45, 7) is 1.80. The fourth-order valence-corrected chi connectivity index (χ4v) is 4.76. The molecule has 0 bridgehead atoms. The molecule has 5 rings (SSSR count). The van der Waals surface area contributed by atoms with Crippen molar-refractivity contribution in [3.63, 3.8) is 0 Å². The van der Waals surface area contributed by atoms with E-state index >= 15 is 0 Å². The number of anilines is 1. The zero-order valence-corrected chi connectivity index (χ0v) is 20.2. The van der Waals surface area contributed by atoms with Crippen molar-refractivity contribution in [3.05, 3.63) is 107 Å². The summed E-state index contributed by atoms with van der Waals surface area (Å²) < 4.78 is 44.0. The molecular formula is C28H23F3N4O3. The molecule has 0 unspecified atom stereocenters. The minimum Gasteiger partial charge on any atom is -0.351 e. The topological polar surface area (TPSA) is 110 Å². The maximum Gasteiger partial charge on any atom is 0.416 e. The number of benzene rings is 3. The minimum absolute atomic E-state index is 0.0562.